The molecule has 2 aromatic rings. The number of rotatable bonds is 3. The zero-order valence-corrected chi connectivity index (χ0v) is 15.1. The average Bonchev–Trinajstić information content (AvgIpc) is 3.26. The first-order chi connectivity index (χ1) is 13.3. The van der Waals surface area contributed by atoms with Crippen LogP contribution in [0.25, 0.3) is 5.57 Å². The zero-order chi connectivity index (χ0) is 19.9. The highest BCUT2D eigenvalue weighted by molar-refractivity contribution is 5.85. The monoisotopic (exact) mass is 385 g/mol. The molecule has 1 aromatic carbocycles. The number of nitrogens with zero attached hydrogens (tertiary/aromatic N) is 3. The van der Waals surface area contributed by atoms with E-state index in [2.05, 4.69) is 33.6 Å². The zero-order valence-electron chi connectivity index (χ0n) is 15.1. The minimum absolute atomic E-state index is 0.0719. The number of aromatic nitrogens is 2. The van der Waals surface area contributed by atoms with Crippen LogP contribution in [-0.4, -0.2) is 28.6 Å². The van der Waals surface area contributed by atoms with Gasteiger partial charge in [-0.05, 0) is 43.0 Å². The molecule has 2 aliphatic rings. The minimum atomic E-state index is -4.56. The highest BCUT2D eigenvalue weighted by Gasteiger charge is 2.37. The van der Waals surface area contributed by atoms with Crippen LogP contribution in [0.15, 0.2) is 30.5 Å². The molecule has 28 heavy (non-hydrogen) atoms. The predicted octanol–water partition coefficient (Wildman–Crippen LogP) is 3.52. The van der Waals surface area contributed by atoms with E-state index in [1.807, 2.05) is 0 Å². The third kappa shape index (κ3) is 3.45. The third-order valence-corrected chi connectivity index (χ3v) is 5.08. The first-order valence-corrected chi connectivity index (χ1v) is 9.03. The van der Waals surface area contributed by atoms with Crippen LogP contribution in [0.5, 0.6) is 0 Å². The molecule has 1 aliphatic heterocycles. The first-order valence-electron chi connectivity index (χ1n) is 9.03. The van der Waals surface area contributed by atoms with Crippen LogP contribution in [0.4, 0.5) is 19.1 Å². The Morgan fingerprint density at radius 1 is 1.32 bits per heavy atom. The van der Waals surface area contributed by atoms with Gasteiger partial charge in [0.2, 0.25) is 5.95 Å². The second-order valence-corrected chi connectivity index (χ2v) is 7.15. The van der Waals surface area contributed by atoms with Crippen LogP contribution in [0.3, 0.4) is 0 Å². The molecule has 0 bridgehead atoms. The van der Waals surface area contributed by atoms with Crippen molar-refractivity contribution in [1.82, 2.24) is 15.3 Å². The van der Waals surface area contributed by atoms with Gasteiger partial charge in [0.1, 0.15) is 5.56 Å². The molecule has 2 atom stereocenters. The third-order valence-electron chi connectivity index (χ3n) is 5.08. The second-order valence-electron chi connectivity index (χ2n) is 7.15. The maximum atomic E-state index is 13.6. The molecule has 2 N–H and O–H groups in total. The number of allylic oxidation sites excluding steroid dienone is 1. The summed E-state index contributed by atoms with van der Waals surface area (Å²) in [7, 11) is 0. The van der Waals surface area contributed by atoms with Crippen molar-refractivity contribution in [2.45, 2.75) is 38.0 Å². The molecule has 144 valence electrons. The molecule has 1 fully saturated rings. The van der Waals surface area contributed by atoms with Gasteiger partial charge in [-0.25, -0.2) is 9.97 Å². The molecular weight excluding hydrogens is 367 g/mol. The molecule has 5 nitrogen and oxygen atoms in total. The smallest absolute Gasteiger partial charge is 0.350 e. The fourth-order valence-corrected chi connectivity index (χ4v) is 3.73. The quantitative estimate of drug-likeness (QED) is 0.846. The SMILES string of the molecule is C[C@@H]1C[C@H](Nc2ncc(C(F)(F)F)c(C3=CCc4cc(C#N)ccc43)n2)CN1. The van der Waals surface area contributed by atoms with Crippen molar-refractivity contribution >= 4 is 11.5 Å². The van der Waals surface area contributed by atoms with Gasteiger partial charge in [0.15, 0.2) is 0 Å². The number of hydrogen-bond acceptors (Lipinski definition) is 5. The number of alkyl halides is 3. The number of anilines is 1. The van der Waals surface area contributed by atoms with Gasteiger partial charge >= 0.3 is 6.18 Å². The number of halogens is 3. The molecular formula is C20H18F3N5. The lowest BCUT2D eigenvalue weighted by Crippen LogP contribution is -2.24. The molecule has 1 aromatic heterocycles. The van der Waals surface area contributed by atoms with Gasteiger partial charge in [0.05, 0.1) is 17.3 Å². The molecule has 2 heterocycles. The normalized spacial score (nSPS) is 21.2. The van der Waals surface area contributed by atoms with E-state index in [9.17, 15) is 13.2 Å². The summed E-state index contributed by atoms with van der Waals surface area (Å²) in [6, 6.07) is 7.47. The van der Waals surface area contributed by atoms with E-state index >= 15 is 0 Å². The molecule has 1 saturated heterocycles. The molecule has 0 amide bonds. The standard InChI is InChI=1S/C20H18F3N5/c1-11-6-14(9-25-11)27-19-26-10-17(20(21,22)23)18(28-19)16-5-3-13-7-12(8-24)2-4-15(13)16/h2,4-5,7,10-11,14,25H,3,6,9H2,1H3,(H,26,27,28)/t11-,14+/m1/s1. The van der Waals surface area contributed by atoms with E-state index < -0.39 is 11.7 Å². The van der Waals surface area contributed by atoms with Gasteiger partial charge in [-0.2, -0.15) is 18.4 Å². The van der Waals surface area contributed by atoms with Crippen molar-refractivity contribution in [3.63, 3.8) is 0 Å². The second kappa shape index (κ2) is 6.91. The van der Waals surface area contributed by atoms with Crippen LogP contribution >= 0.6 is 0 Å². The maximum Gasteiger partial charge on any atom is 0.419 e. The Morgan fingerprint density at radius 3 is 2.82 bits per heavy atom. The minimum Gasteiger partial charge on any atom is -0.350 e. The summed E-state index contributed by atoms with van der Waals surface area (Å²) >= 11 is 0. The largest absolute Gasteiger partial charge is 0.419 e. The lowest BCUT2D eigenvalue weighted by molar-refractivity contribution is -0.138. The van der Waals surface area contributed by atoms with E-state index in [0.717, 1.165) is 18.2 Å². The van der Waals surface area contributed by atoms with Crippen molar-refractivity contribution in [3.8, 4) is 6.07 Å². The van der Waals surface area contributed by atoms with Gasteiger partial charge in [0.25, 0.3) is 0 Å². The Morgan fingerprint density at radius 2 is 2.14 bits per heavy atom. The number of hydrogen-bond donors (Lipinski definition) is 2. The van der Waals surface area contributed by atoms with Gasteiger partial charge in [0, 0.05) is 30.4 Å². The van der Waals surface area contributed by atoms with Crippen LogP contribution < -0.4 is 10.6 Å². The summed E-state index contributed by atoms with van der Waals surface area (Å²) in [4.78, 5) is 8.16. The Balaban J connectivity index is 1.73. The Bertz CT molecular complexity index is 990. The molecule has 0 radical (unpaired) electrons. The summed E-state index contributed by atoms with van der Waals surface area (Å²) in [5, 5.41) is 15.5. The van der Waals surface area contributed by atoms with Crippen molar-refractivity contribution in [2.75, 3.05) is 11.9 Å². The number of benzene rings is 1. The number of nitriles is 1. The van der Waals surface area contributed by atoms with Gasteiger partial charge < -0.3 is 10.6 Å². The lowest BCUT2D eigenvalue weighted by Gasteiger charge is -2.17. The lowest BCUT2D eigenvalue weighted by atomic mass is 9.99. The van der Waals surface area contributed by atoms with Gasteiger partial charge in [-0.3, -0.25) is 0 Å². The van der Waals surface area contributed by atoms with Crippen molar-refractivity contribution < 1.29 is 13.2 Å². The number of fused-ring (bicyclic) bond motifs is 1. The van der Waals surface area contributed by atoms with Crippen molar-refractivity contribution in [1.29, 1.82) is 5.26 Å². The van der Waals surface area contributed by atoms with Gasteiger partial charge in [-0.1, -0.05) is 12.1 Å². The van der Waals surface area contributed by atoms with E-state index in [1.165, 1.54) is 0 Å². The predicted molar refractivity (Wildman–Crippen MR) is 98.5 cm³/mol. The molecule has 0 spiro atoms. The van der Waals surface area contributed by atoms with Crippen molar-refractivity contribution in [3.05, 3.63) is 58.4 Å². The fraction of sp³-hybridized carbons (Fsp3) is 0.350. The van der Waals surface area contributed by atoms with Crippen molar-refractivity contribution in [2.24, 2.45) is 0 Å². The fourth-order valence-electron chi connectivity index (χ4n) is 3.73. The highest BCUT2D eigenvalue weighted by atomic mass is 19.4. The van der Waals surface area contributed by atoms with Crippen LogP contribution in [-0.2, 0) is 12.6 Å². The van der Waals surface area contributed by atoms with Crippen LogP contribution in [0.2, 0.25) is 0 Å². The summed E-state index contributed by atoms with van der Waals surface area (Å²) in [5.41, 5.74) is 1.41. The van der Waals surface area contributed by atoms with E-state index in [1.54, 1.807) is 24.3 Å². The molecule has 8 heteroatoms. The Hall–Kier alpha value is -2.92. The highest BCUT2D eigenvalue weighted by Crippen LogP contribution is 2.39. The maximum absolute atomic E-state index is 13.6. The summed E-state index contributed by atoms with van der Waals surface area (Å²) in [5.74, 6) is 0.187. The van der Waals surface area contributed by atoms with E-state index in [-0.39, 0.29) is 17.7 Å². The van der Waals surface area contributed by atoms with E-state index in [4.69, 9.17) is 5.26 Å². The molecule has 0 saturated carbocycles. The Kier molecular flexibility index (Phi) is 4.55. The van der Waals surface area contributed by atoms with Gasteiger partial charge in [-0.15, -0.1) is 0 Å². The molecule has 1 aliphatic carbocycles. The van der Waals surface area contributed by atoms with E-state index in [0.29, 0.717) is 35.7 Å². The molecule has 0 unspecified atom stereocenters. The summed E-state index contributed by atoms with van der Waals surface area (Å²) in [6.45, 7) is 2.76. The Labute approximate surface area is 160 Å². The average molecular weight is 385 g/mol. The molecule has 4 rings (SSSR count). The number of nitrogens with one attached hydrogen (secondary N) is 2. The summed E-state index contributed by atoms with van der Waals surface area (Å²) < 4.78 is 40.8. The first kappa shape index (κ1) is 18.4. The van der Waals surface area contributed by atoms with Crippen LogP contribution in [0.1, 0.15) is 41.3 Å². The summed E-state index contributed by atoms with van der Waals surface area (Å²) in [6.07, 6.45) is -0.671. The van der Waals surface area contributed by atoms with Crippen LogP contribution in [0, 0.1) is 11.3 Å². The topological polar surface area (TPSA) is 73.6 Å².